The Balaban J connectivity index is 1.20. The Morgan fingerprint density at radius 2 is 1.73 bits per heavy atom. The highest BCUT2D eigenvalue weighted by molar-refractivity contribution is 7.89. The van der Waals surface area contributed by atoms with E-state index in [-0.39, 0.29) is 23.9 Å². The van der Waals surface area contributed by atoms with E-state index in [2.05, 4.69) is 30.0 Å². The van der Waals surface area contributed by atoms with Crippen LogP contribution in [0, 0.1) is 0 Å². The maximum Gasteiger partial charge on any atom is 0.241 e. The summed E-state index contributed by atoms with van der Waals surface area (Å²) in [5.41, 5.74) is 10.1. The lowest BCUT2D eigenvalue weighted by Gasteiger charge is -2.17. The molecule has 0 saturated heterocycles. The molecule has 41 heavy (non-hydrogen) atoms. The zero-order valence-electron chi connectivity index (χ0n) is 22.5. The van der Waals surface area contributed by atoms with Gasteiger partial charge in [0.05, 0.1) is 30.5 Å². The van der Waals surface area contributed by atoms with Crippen LogP contribution in [0.2, 0.25) is 0 Å². The molecule has 0 aliphatic heterocycles. The summed E-state index contributed by atoms with van der Waals surface area (Å²) in [5, 5.41) is 9.94. The predicted molar refractivity (Wildman–Crippen MR) is 158 cm³/mol. The van der Waals surface area contributed by atoms with Gasteiger partial charge in [0.25, 0.3) is 0 Å². The lowest BCUT2D eigenvalue weighted by Crippen LogP contribution is -2.27. The second kappa shape index (κ2) is 10.6. The van der Waals surface area contributed by atoms with E-state index in [0.717, 1.165) is 16.6 Å². The van der Waals surface area contributed by atoms with E-state index in [9.17, 15) is 8.42 Å². The van der Waals surface area contributed by atoms with Crippen molar-refractivity contribution in [1.82, 2.24) is 39.2 Å². The van der Waals surface area contributed by atoms with Crippen LogP contribution in [0.4, 0.5) is 11.6 Å². The van der Waals surface area contributed by atoms with Gasteiger partial charge in [-0.1, -0.05) is 59.8 Å². The molecule has 0 aliphatic rings. The van der Waals surface area contributed by atoms with Gasteiger partial charge in [-0.3, -0.25) is 4.68 Å². The van der Waals surface area contributed by atoms with E-state index in [1.807, 2.05) is 78.2 Å². The third-order valence-corrected chi connectivity index (χ3v) is 8.24. The van der Waals surface area contributed by atoms with Gasteiger partial charge in [0.15, 0.2) is 5.65 Å². The Bertz CT molecular complexity index is 1970. The van der Waals surface area contributed by atoms with Crippen LogP contribution < -0.4 is 15.4 Å². The highest BCUT2D eigenvalue weighted by Crippen LogP contribution is 2.30. The van der Waals surface area contributed by atoms with Crippen LogP contribution in [0.5, 0.6) is 0 Å². The van der Waals surface area contributed by atoms with Crippen LogP contribution in [0.25, 0.3) is 33.3 Å². The normalized spacial score (nSPS) is 11.9. The summed E-state index contributed by atoms with van der Waals surface area (Å²) in [6.07, 6.45) is 3.39. The molecular weight excluding hydrogens is 540 g/mol. The van der Waals surface area contributed by atoms with Crippen molar-refractivity contribution < 1.29 is 8.42 Å². The number of hydrogen-bond donors (Lipinski definition) is 2. The van der Waals surface area contributed by atoms with Crippen LogP contribution in [-0.4, -0.2) is 63.6 Å². The van der Waals surface area contributed by atoms with Crippen molar-refractivity contribution >= 4 is 43.6 Å². The van der Waals surface area contributed by atoms with E-state index in [4.69, 9.17) is 5.73 Å². The van der Waals surface area contributed by atoms with Crippen LogP contribution in [0.15, 0.2) is 84.1 Å². The molecule has 0 unspecified atom stereocenters. The van der Waals surface area contributed by atoms with Crippen molar-refractivity contribution in [2.75, 3.05) is 31.3 Å². The Labute approximate surface area is 236 Å². The minimum Gasteiger partial charge on any atom is -0.377 e. The molecule has 13 heteroatoms. The zero-order valence-corrected chi connectivity index (χ0v) is 23.3. The minimum absolute atomic E-state index is 0.0946. The molecule has 0 atom stereocenters. The van der Waals surface area contributed by atoms with Crippen LogP contribution in [0.1, 0.15) is 5.56 Å². The first kappa shape index (κ1) is 26.3. The maximum atomic E-state index is 13.3. The Morgan fingerprint density at radius 3 is 2.54 bits per heavy atom. The molecule has 0 amide bonds. The summed E-state index contributed by atoms with van der Waals surface area (Å²) in [5.74, 6) is 0.0946. The average Bonchev–Trinajstić information content (AvgIpc) is 3.59. The zero-order chi connectivity index (χ0) is 28.6. The molecular formula is C28H28N10O2S. The third-order valence-electron chi connectivity index (χ3n) is 6.72. The van der Waals surface area contributed by atoms with Crippen LogP contribution in [-0.2, 0) is 23.1 Å². The van der Waals surface area contributed by atoms with Crippen LogP contribution in [0.3, 0.4) is 0 Å². The van der Waals surface area contributed by atoms with Crippen molar-refractivity contribution in [3.8, 4) is 11.4 Å². The number of benzene rings is 3. The molecule has 3 aromatic carbocycles. The monoisotopic (exact) mass is 568 g/mol. The van der Waals surface area contributed by atoms with Crippen molar-refractivity contribution in [2.45, 2.75) is 18.0 Å². The second-order valence-electron chi connectivity index (χ2n) is 9.75. The van der Waals surface area contributed by atoms with Gasteiger partial charge in [-0.2, -0.15) is 4.98 Å². The fourth-order valence-corrected chi connectivity index (χ4v) is 6.05. The van der Waals surface area contributed by atoms with E-state index in [0.29, 0.717) is 34.5 Å². The summed E-state index contributed by atoms with van der Waals surface area (Å²) >= 11 is 0. The predicted octanol–water partition coefficient (Wildman–Crippen LogP) is 2.91. The Kier molecular flexibility index (Phi) is 6.81. The summed E-state index contributed by atoms with van der Waals surface area (Å²) in [7, 11) is 0.0743. The van der Waals surface area contributed by atoms with Crippen molar-refractivity contribution in [2.24, 2.45) is 0 Å². The first-order valence-corrected chi connectivity index (χ1v) is 14.4. The van der Waals surface area contributed by atoms with Crippen LogP contribution >= 0.6 is 0 Å². The highest BCUT2D eigenvalue weighted by atomic mass is 32.2. The number of nitrogens with two attached hydrogens (primary N) is 1. The van der Waals surface area contributed by atoms with Crippen molar-refractivity contribution in [3.05, 3.63) is 84.8 Å². The number of imidazole rings is 1. The fourth-order valence-electron chi connectivity index (χ4n) is 4.81. The Hall–Kier alpha value is -4.88. The number of nitrogens with one attached hydrogen (secondary N) is 1. The summed E-state index contributed by atoms with van der Waals surface area (Å²) in [4.78, 5) is 15.5. The van der Waals surface area contributed by atoms with Gasteiger partial charge in [-0.15, -0.1) is 5.10 Å². The number of nitrogens with zero attached hydrogens (tertiary/aromatic N) is 8. The van der Waals surface area contributed by atoms with E-state index in [1.54, 1.807) is 29.3 Å². The molecule has 3 N–H and O–H groups in total. The first-order valence-electron chi connectivity index (χ1n) is 12.9. The third kappa shape index (κ3) is 5.19. The van der Waals surface area contributed by atoms with Gasteiger partial charge >= 0.3 is 0 Å². The fraction of sp³-hybridized carbons (Fsp3) is 0.179. The van der Waals surface area contributed by atoms with Gasteiger partial charge in [0, 0.05) is 37.1 Å². The molecule has 3 aromatic heterocycles. The molecule has 12 nitrogen and oxygen atoms in total. The largest absolute Gasteiger partial charge is 0.377 e. The molecule has 0 radical (unpaired) electrons. The summed E-state index contributed by atoms with van der Waals surface area (Å²) in [6, 6.07) is 20.9. The number of sulfonamides is 1. The molecule has 6 aromatic rings. The number of aromatic nitrogens is 7. The second-order valence-corrected chi connectivity index (χ2v) is 11.5. The molecule has 0 aliphatic carbocycles. The van der Waals surface area contributed by atoms with Gasteiger partial charge in [-0.25, -0.2) is 23.1 Å². The number of fused-ring (bicyclic) bond motifs is 2. The van der Waals surface area contributed by atoms with E-state index >= 15 is 0 Å². The lowest BCUT2D eigenvalue weighted by molar-refractivity contribution is 0.553. The van der Waals surface area contributed by atoms with E-state index in [1.165, 1.54) is 0 Å². The number of hydrogen-bond acceptors (Lipinski definition) is 9. The maximum absolute atomic E-state index is 13.3. The topological polar surface area (TPSA) is 150 Å². The molecule has 0 spiro atoms. The number of anilines is 2. The molecule has 0 fully saturated rings. The average molecular weight is 569 g/mol. The first-order chi connectivity index (χ1) is 19.8. The smallest absolute Gasteiger partial charge is 0.241 e. The SMILES string of the molecule is CN(C)c1cccc2c(S(=O)(=O)NCCn3cc(-c4nc(N)nc5c4ncn5Cc4ccccc4)nn3)cccc12. The van der Waals surface area contributed by atoms with E-state index < -0.39 is 10.0 Å². The molecule has 208 valence electrons. The van der Waals surface area contributed by atoms with Crippen molar-refractivity contribution in [1.29, 1.82) is 0 Å². The minimum atomic E-state index is -3.78. The quantitative estimate of drug-likeness (QED) is 0.268. The van der Waals surface area contributed by atoms with Gasteiger partial charge in [-0.05, 0) is 17.7 Å². The van der Waals surface area contributed by atoms with Gasteiger partial charge < -0.3 is 15.2 Å². The number of rotatable bonds is 9. The highest BCUT2D eigenvalue weighted by Gasteiger charge is 2.20. The molecule has 3 heterocycles. The Morgan fingerprint density at radius 1 is 0.951 bits per heavy atom. The summed E-state index contributed by atoms with van der Waals surface area (Å²) < 4.78 is 32.6. The lowest BCUT2D eigenvalue weighted by atomic mass is 10.1. The molecule has 6 rings (SSSR count). The van der Waals surface area contributed by atoms with Gasteiger partial charge in [0.1, 0.15) is 16.9 Å². The molecule has 0 bridgehead atoms. The standard InChI is InChI=1S/C28H28N10O2S/c1-36(2)23-12-6-11-21-20(23)10-7-13-24(21)41(39,40)31-14-15-38-17-22(34-35-38)25-26-27(33-28(29)32-25)37(18-30-26)16-19-8-4-3-5-9-19/h3-13,17-18,31H,14-16H2,1-2H3,(H2,29,32,33). The molecule has 0 saturated carbocycles. The summed E-state index contributed by atoms with van der Waals surface area (Å²) in [6.45, 7) is 0.946. The number of nitrogen functional groups attached to an aromatic ring is 1. The van der Waals surface area contributed by atoms with Crippen molar-refractivity contribution in [3.63, 3.8) is 0 Å². The van der Waals surface area contributed by atoms with Gasteiger partial charge in [0.2, 0.25) is 16.0 Å².